The summed E-state index contributed by atoms with van der Waals surface area (Å²) >= 11 is 0. The van der Waals surface area contributed by atoms with E-state index in [9.17, 15) is 4.79 Å². The van der Waals surface area contributed by atoms with Crippen LogP contribution in [-0.2, 0) is 5.41 Å². The third-order valence-corrected chi connectivity index (χ3v) is 5.26. The number of aromatic nitrogens is 1. The smallest absolute Gasteiger partial charge is 0.251 e. The van der Waals surface area contributed by atoms with Crippen LogP contribution in [0.2, 0.25) is 0 Å². The predicted molar refractivity (Wildman–Crippen MR) is 122 cm³/mol. The van der Waals surface area contributed by atoms with Gasteiger partial charge in [0.15, 0.2) is 0 Å². The molecule has 0 bridgehead atoms. The van der Waals surface area contributed by atoms with Gasteiger partial charge in [-0.2, -0.15) is 0 Å². The molecule has 2 aromatic carbocycles. The molecule has 4 nitrogen and oxygen atoms in total. The van der Waals surface area contributed by atoms with E-state index in [0.29, 0.717) is 5.56 Å². The Hall–Kier alpha value is -2.88. The van der Waals surface area contributed by atoms with Gasteiger partial charge in [0.1, 0.15) is 0 Å². The Bertz CT molecular complexity index is 1030. The van der Waals surface area contributed by atoms with Crippen molar-refractivity contribution in [1.29, 1.82) is 0 Å². The molecule has 0 aliphatic heterocycles. The van der Waals surface area contributed by atoms with Crippen LogP contribution in [0.25, 0.3) is 10.8 Å². The number of nitrogens with zero attached hydrogens (tertiary/aromatic N) is 1. The van der Waals surface area contributed by atoms with E-state index < -0.39 is 0 Å². The van der Waals surface area contributed by atoms with E-state index in [1.54, 1.807) is 0 Å². The summed E-state index contributed by atoms with van der Waals surface area (Å²) in [5.74, 6) is -0.0884. The van der Waals surface area contributed by atoms with Crippen LogP contribution in [0.3, 0.4) is 0 Å². The molecule has 3 rings (SSSR count). The van der Waals surface area contributed by atoms with Crippen LogP contribution in [0.4, 0.5) is 5.69 Å². The number of amides is 1. The lowest BCUT2D eigenvalue weighted by Gasteiger charge is -2.19. The molecule has 0 saturated carbocycles. The van der Waals surface area contributed by atoms with E-state index in [1.807, 2.05) is 44.3 Å². The summed E-state index contributed by atoms with van der Waals surface area (Å²) in [6.07, 6.45) is 1.83. The standard InChI is InChI=1S/C25H31N3O/c1-7-26-23-15-27-22(12-16(23)2)17(3)28-24(29)20-9-8-19-14-21(25(4,5)6)11-10-18(19)13-20/h8-15,17,26H,7H2,1-6H3,(H,28,29)/t17-/m1/s1. The van der Waals surface area contributed by atoms with Gasteiger partial charge in [-0.1, -0.05) is 45.0 Å². The lowest BCUT2D eigenvalue weighted by molar-refractivity contribution is 0.0939. The summed E-state index contributed by atoms with van der Waals surface area (Å²) < 4.78 is 0. The summed E-state index contributed by atoms with van der Waals surface area (Å²) in [4.78, 5) is 17.3. The fourth-order valence-corrected chi connectivity index (χ4v) is 3.40. The molecule has 4 heteroatoms. The highest BCUT2D eigenvalue weighted by Crippen LogP contribution is 2.27. The number of hydrogen-bond donors (Lipinski definition) is 2. The zero-order valence-electron chi connectivity index (χ0n) is 18.3. The van der Waals surface area contributed by atoms with Gasteiger partial charge in [0.2, 0.25) is 0 Å². The van der Waals surface area contributed by atoms with E-state index in [4.69, 9.17) is 0 Å². The monoisotopic (exact) mass is 389 g/mol. The number of nitrogens with one attached hydrogen (secondary N) is 2. The lowest BCUT2D eigenvalue weighted by atomic mass is 9.86. The number of benzene rings is 2. The number of hydrogen-bond acceptors (Lipinski definition) is 3. The van der Waals surface area contributed by atoms with Crippen LogP contribution in [-0.4, -0.2) is 17.4 Å². The van der Waals surface area contributed by atoms with Crippen molar-refractivity contribution in [3.05, 3.63) is 71.0 Å². The highest BCUT2D eigenvalue weighted by Gasteiger charge is 2.16. The Labute approximate surface area is 173 Å². The van der Waals surface area contributed by atoms with E-state index in [0.717, 1.165) is 34.3 Å². The largest absolute Gasteiger partial charge is 0.384 e. The van der Waals surface area contributed by atoms with E-state index in [2.05, 4.69) is 61.5 Å². The van der Waals surface area contributed by atoms with Gasteiger partial charge >= 0.3 is 0 Å². The molecule has 1 heterocycles. The Morgan fingerprint density at radius 1 is 1.07 bits per heavy atom. The molecule has 0 spiro atoms. The Morgan fingerprint density at radius 3 is 2.41 bits per heavy atom. The first kappa shape index (κ1) is 20.8. The maximum absolute atomic E-state index is 12.8. The van der Waals surface area contributed by atoms with Gasteiger partial charge in [0, 0.05) is 12.1 Å². The number of carbonyl (C=O) groups is 1. The molecule has 3 aromatic rings. The summed E-state index contributed by atoms with van der Waals surface area (Å²) in [5, 5.41) is 8.58. The molecule has 0 radical (unpaired) electrons. The van der Waals surface area contributed by atoms with Gasteiger partial charge in [0.25, 0.3) is 5.91 Å². The summed E-state index contributed by atoms with van der Waals surface area (Å²) in [7, 11) is 0. The molecule has 0 aliphatic rings. The first-order valence-corrected chi connectivity index (χ1v) is 10.2. The van der Waals surface area contributed by atoms with Crippen molar-refractivity contribution in [3.8, 4) is 0 Å². The van der Waals surface area contributed by atoms with Crippen LogP contribution in [0.1, 0.15) is 67.8 Å². The summed E-state index contributed by atoms with van der Waals surface area (Å²) in [6, 6.07) is 14.2. The van der Waals surface area contributed by atoms with Crippen LogP contribution in [0, 0.1) is 6.92 Å². The van der Waals surface area contributed by atoms with Gasteiger partial charge in [-0.3, -0.25) is 9.78 Å². The highest BCUT2D eigenvalue weighted by molar-refractivity contribution is 5.98. The van der Waals surface area contributed by atoms with Gasteiger partial charge < -0.3 is 10.6 Å². The van der Waals surface area contributed by atoms with Crippen LogP contribution < -0.4 is 10.6 Å². The Kier molecular flexibility index (Phi) is 5.92. The first-order valence-electron chi connectivity index (χ1n) is 10.2. The minimum atomic E-state index is -0.171. The Morgan fingerprint density at radius 2 is 1.76 bits per heavy atom. The lowest BCUT2D eigenvalue weighted by Crippen LogP contribution is -2.27. The van der Waals surface area contributed by atoms with Crippen LogP contribution in [0.5, 0.6) is 0 Å². The maximum Gasteiger partial charge on any atom is 0.251 e. The number of anilines is 1. The molecule has 1 aromatic heterocycles. The van der Waals surface area contributed by atoms with Crippen molar-refractivity contribution in [1.82, 2.24) is 10.3 Å². The quantitative estimate of drug-likeness (QED) is 0.583. The fraction of sp³-hybridized carbons (Fsp3) is 0.360. The number of pyridine rings is 1. The van der Waals surface area contributed by atoms with E-state index in [-0.39, 0.29) is 17.4 Å². The predicted octanol–water partition coefficient (Wildman–Crippen LogP) is 5.76. The number of aryl methyl sites for hydroxylation is 1. The van der Waals surface area contributed by atoms with Crippen LogP contribution in [0.15, 0.2) is 48.7 Å². The van der Waals surface area contributed by atoms with Gasteiger partial charge in [-0.15, -0.1) is 0 Å². The van der Waals surface area contributed by atoms with Crippen molar-refractivity contribution < 1.29 is 4.79 Å². The zero-order valence-corrected chi connectivity index (χ0v) is 18.3. The number of rotatable bonds is 5. The van der Waals surface area contributed by atoms with Crippen molar-refractivity contribution in [3.63, 3.8) is 0 Å². The van der Waals surface area contributed by atoms with Crippen molar-refractivity contribution >= 4 is 22.4 Å². The molecular weight excluding hydrogens is 358 g/mol. The molecule has 152 valence electrons. The minimum Gasteiger partial charge on any atom is -0.384 e. The number of fused-ring (bicyclic) bond motifs is 1. The second-order valence-corrected chi connectivity index (χ2v) is 8.68. The average molecular weight is 390 g/mol. The van der Waals surface area contributed by atoms with E-state index >= 15 is 0 Å². The van der Waals surface area contributed by atoms with Crippen molar-refractivity contribution in [2.24, 2.45) is 0 Å². The number of carbonyl (C=O) groups excluding carboxylic acids is 1. The van der Waals surface area contributed by atoms with E-state index in [1.165, 1.54) is 5.56 Å². The molecule has 0 fully saturated rings. The zero-order chi connectivity index (χ0) is 21.2. The molecule has 0 unspecified atom stereocenters. The molecule has 29 heavy (non-hydrogen) atoms. The van der Waals surface area contributed by atoms with Crippen molar-refractivity contribution in [2.75, 3.05) is 11.9 Å². The second kappa shape index (κ2) is 8.24. The first-order chi connectivity index (χ1) is 13.7. The molecule has 0 aliphatic carbocycles. The summed E-state index contributed by atoms with van der Waals surface area (Å²) in [5.41, 5.74) is 5.06. The Balaban J connectivity index is 1.77. The normalized spacial score (nSPS) is 12.6. The third kappa shape index (κ3) is 4.76. The molecule has 1 amide bonds. The van der Waals surface area contributed by atoms with Crippen LogP contribution >= 0.6 is 0 Å². The highest BCUT2D eigenvalue weighted by atomic mass is 16.1. The third-order valence-electron chi connectivity index (χ3n) is 5.26. The molecule has 1 atom stereocenters. The van der Waals surface area contributed by atoms with Gasteiger partial charge in [-0.05, 0) is 66.3 Å². The molecular formula is C25H31N3O. The summed E-state index contributed by atoms with van der Waals surface area (Å²) in [6.45, 7) is 13.5. The van der Waals surface area contributed by atoms with Gasteiger partial charge in [0.05, 0.1) is 23.6 Å². The average Bonchev–Trinajstić information content (AvgIpc) is 2.68. The van der Waals surface area contributed by atoms with Crippen molar-refractivity contribution in [2.45, 2.75) is 53.0 Å². The maximum atomic E-state index is 12.8. The fourth-order valence-electron chi connectivity index (χ4n) is 3.40. The topological polar surface area (TPSA) is 54.0 Å². The SMILES string of the molecule is CCNc1cnc([C@@H](C)NC(=O)c2ccc3cc(C(C)(C)C)ccc3c2)cc1C. The van der Waals surface area contributed by atoms with Gasteiger partial charge in [-0.25, -0.2) is 0 Å². The second-order valence-electron chi connectivity index (χ2n) is 8.68. The minimum absolute atomic E-state index is 0.0884. The molecule has 2 N–H and O–H groups in total. The molecule has 0 saturated heterocycles.